The van der Waals surface area contributed by atoms with E-state index in [1.54, 1.807) is 6.07 Å². The Morgan fingerprint density at radius 3 is 2.30 bits per heavy atom. The number of hydrogen-bond acceptors (Lipinski definition) is 5. The van der Waals surface area contributed by atoms with Gasteiger partial charge in [0.1, 0.15) is 11.0 Å². The molecule has 0 aliphatic heterocycles. The number of aromatic hydroxyl groups is 1. The smallest absolute Gasteiger partial charge is 0.409 e. The predicted molar refractivity (Wildman–Crippen MR) is 71.4 cm³/mol. The first-order chi connectivity index (χ1) is 9.02. The van der Waals surface area contributed by atoms with E-state index < -0.39 is 31.3 Å². The Labute approximate surface area is 116 Å². The quantitative estimate of drug-likeness (QED) is 0.716. The summed E-state index contributed by atoms with van der Waals surface area (Å²) in [4.78, 5) is 10.0. The molecule has 0 aliphatic carbocycles. The molecule has 0 aromatic heterocycles. The Hall–Kier alpha value is -2.27. The fourth-order valence-corrected chi connectivity index (χ4v) is 2.83. The van der Waals surface area contributed by atoms with E-state index in [1.165, 1.54) is 20.8 Å². The first-order valence-electron chi connectivity index (χ1n) is 5.53. The van der Waals surface area contributed by atoms with Crippen molar-refractivity contribution in [2.24, 2.45) is 0 Å². The summed E-state index contributed by atoms with van der Waals surface area (Å²) in [6, 6.07) is 3.95. The molecule has 7 nitrogen and oxygen atoms in total. The fourth-order valence-electron chi connectivity index (χ4n) is 1.45. The molecule has 0 unspecified atom stereocenters. The number of sulfone groups is 1. The molecule has 0 aliphatic rings. The number of nitrogens with one attached hydrogen (secondary N) is 1. The van der Waals surface area contributed by atoms with Gasteiger partial charge in [-0.05, 0) is 32.9 Å². The third-order valence-electron chi connectivity index (χ3n) is 2.57. The maximum absolute atomic E-state index is 12.4. The molecule has 0 heterocycles. The second-order valence-corrected chi connectivity index (χ2v) is 7.64. The molecule has 1 rings (SSSR count). The number of amides is 1. The Morgan fingerprint density at radius 2 is 1.90 bits per heavy atom. The molecular formula is C12H14N2O5S. The monoisotopic (exact) mass is 298 g/mol. The lowest BCUT2D eigenvalue weighted by Gasteiger charge is -2.21. The third-order valence-corrected chi connectivity index (χ3v) is 5.13. The lowest BCUT2D eigenvalue weighted by atomic mass is 10.2. The summed E-state index contributed by atoms with van der Waals surface area (Å²) in [6.45, 7) is 4.25. The molecular weight excluding hydrogens is 284 g/mol. The summed E-state index contributed by atoms with van der Waals surface area (Å²) < 4.78 is 23.6. The van der Waals surface area contributed by atoms with Crippen LogP contribution in [0.15, 0.2) is 17.0 Å². The summed E-state index contributed by atoms with van der Waals surface area (Å²) >= 11 is 0. The molecule has 0 saturated heterocycles. The minimum atomic E-state index is -4.01. The number of carboxylic acid groups (broad SMARTS) is 1. The summed E-state index contributed by atoms with van der Waals surface area (Å²) in [5.74, 6) is -0.777. The van der Waals surface area contributed by atoms with Gasteiger partial charge < -0.3 is 10.2 Å². The van der Waals surface area contributed by atoms with Gasteiger partial charge in [-0.3, -0.25) is 5.32 Å². The van der Waals surface area contributed by atoms with Crippen molar-refractivity contribution in [1.29, 1.82) is 5.26 Å². The molecule has 8 heteroatoms. The molecule has 1 amide bonds. The number of nitrogens with zero attached hydrogens (tertiary/aromatic N) is 1. The lowest BCUT2D eigenvalue weighted by Crippen LogP contribution is -2.29. The first-order valence-corrected chi connectivity index (χ1v) is 7.01. The molecule has 0 bridgehead atoms. The Bertz CT molecular complexity index is 696. The van der Waals surface area contributed by atoms with Crippen molar-refractivity contribution in [1.82, 2.24) is 0 Å². The molecule has 3 N–H and O–H groups in total. The molecule has 0 saturated carbocycles. The molecule has 0 atom stereocenters. The standard InChI is InChI=1S/C12H14N2O5S/c1-12(2,3)20(18,19)10-7(6-13)4-5-8(9(10)15)14-11(16)17/h4-5,14-15H,1-3H3,(H,16,17). The zero-order chi connectivity index (χ0) is 15.7. The van der Waals surface area contributed by atoms with Crippen molar-refractivity contribution in [3.8, 4) is 11.8 Å². The van der Waals surface area contributed by atoms with Gasteiger partial charge in [0.2, 0.25) is 0 Å². The average Bonchev–Trinajstić information content (AvgIpc) is 2.29. The minimum Gasteiger partial charge on any atom is -0.504 e. The number of phenolic OH excluding ortho intramolecular Hbond substituents is 1. The van der Waals surface area contributed by atoms with Crippen molar-refractivity contribution in [2.75, 3.05) is 5.32 Å². The molecule has 20 heavy (non-hydrogen) atoms. The SMILES string of the molecule is CC(C)(C)S(=O)(=O)c1c(C#N)ccc(NC(=O)O)c1O. The van der Waals surface area contributed by atoms with Crippen LogP contribution in [0, 0.1) is 11.3 Å². The van der Waals surface area contributed by atoms with Gasteiger partial charge in [0.15, 0.2) is 15.6 Å². The van der Waals surface area contributed by atoms with Crippen LogP contribution in [0.2, 0.25) is 0 Å². The molecule has 108 valence electrons. The van der Waals surface area contributed by atoms with E-state index in [4.69, 9.17) is 10.4 Å². The number of rotatable bonds is 2. The van der Waals surface area contributed by atoms with E-state index in [9.17, 15) is 18.3 Å². The van der Waals surface area contributed by atoms with E-state index >= 15 is 0 Å². The van der Waals surface area contributed by atoms with Crippen LogP contribution in [0.4, 0.5) is 10.5 Å². The van der Waals surface area contributed by atoms with Gasteiger partial charge in [-0.25, -0.2) is 13.2 Å². The zero-order valence-corrected chi connectivity index (χ0v) is 11.9. The van der Waals surface area contributed by atoms with Gasteiger partial charge in [-0.2, -0.15) is 5.26 Å². The first kappa shape index (κ1) is 15.8. The van der Waals surface area contributed by atoms with Crippen LogP contribution in [0.5, 0.6) is 5.75 Å². The number of carbonyl (C=O) groups is 1. The third kappa shape index (κ3) is 2.67. The van der Waals surface area contributed by atoms with Crippen LogP contribution < -0.4 is 5.32 Å². The highest BCUT2D eigenvalue weighted by atomic mass is 32.2. The Morgan fingerprint density at radius 1 is 1.35 bits per heavy atom. The predicted octanol–water partition coefficient (Wildman–Crippen LogP) is 1.93. The minimum absolute atomic E-state index is 0.242. The van der Waals surface area contributed by atoms with Crippen LogP contribution in [-0.4, -0.2) is 29.5 Å². The summed E-state index contributed by atoms with van der Waals surface area (Å²) in [5, 5.41) is 29.5. The molecule has 0 radical (unpaired) electrons. The van der Waals surface area contributed by atoms with Gasteiger partial charge in [-0.15, -0.1) is 0 Å². The number of nitriles is 1. The van der Waals surface area contributed by atoms with Gasteiger partial charge in [0.05, 0.1) is 16.0 Å². The summed E-state index contributed by atoms with van der Waals surface area (Å²) in [7, 11) is -4.01. The van der Waals surface area contributed by atoms with Crippen LogP contribution in [-0.2, 0) is 9.84 Å². The highest BCUT2D eigenvalue weighted by molar-refractivity contribution is 7.93. The second kappa shape index (κ2) is 5.02. The van der Waals surface area contributed by atoms with E-state index in [0.717, 1.165) is 12.1 Å². The number of phenols is 1. The Kier molecular flexibility index (Phi) is 3.96. The normalized spacial score (nSPS) is 11.7. The van der Waals surface area contributed by atoms with Crippen molar-refractivity contribution in [3.05, 3.63) is 17.7 Å². The molecule has 0 fully saturated rings. The fraction of sp³-hybridized carbons (Fsp3) is 0.333. The van der Waals surface area contributed by atoms with Gasteiger partial charge in [-0.1, -0.05) is 0 Å². The summed E-state index contributed by atoms with van der Waals surface area (Å²) in [5.41, 5.74) is -0.535. The number of benzene rings is 1. The lowest BCUT2D eigenvalue weighted by molar-refractivity contribution is 0.209. The molecule has 0 spiro atoms. The van der Waals surface area contributed by atoms with E-state index in [-0.39, 0.29) is 11.3 Å². The zero-order valence-electron chi connectivity index (χ0n) is 11.1. The largest absolute Gasteiger partial charge is 0.504 e. The van der Waals surface area contributed by atoms with Crippen LogP contribution in [0.3, 0.4) is 0 Å². The number of anilines is 1. The van der Waals surface area contributed by atoms with Gasteiger partial charge in [0.25, 0.3) is 0 Å². The summed E-state index contributed by atoms with van der Waals surface area (Å²) in [6.07, 6.45) is -1.45. The Balaban J connectivity index is 3.69. The van der Waals surface area contributed by atoms with E-state index in [1.807, 2.05) is 5.32 Å². The van der Waals surface area contributed by atoms with Gasteiger partial charge in [0, 0.05) is 0 Å². The van der Waals surface area contributed by atoms with Crippen molar-refractivity contribution >= 4 is 21.6 Å². The maximum atomic E-state index is 12.4. The molecule has 1 aromatic rings. The van der Waals surface area contributed by atoms with Crippen molar-refractivity contribution < 1.29 is 23.4 Å². The van der Waals surface area contributed by atoms with E-state index in [2.05, 4.69) is 0 Å². The van der Waals surface area contributed by atoms with Gasteiger partial charge >= 0.3 is 6.09 Å². The highest BCUT2D eigenvalue weighted by Gasteiger charge is 2.36. The van der Waals surface area contributed by atoms with Crippen molar-refractivity contribution in [2.45, 2.75) is 30.4 Å². The maximum Gasteiger partial charge on any atom is 0.409 e. The second-order valence-electron chi connectivity index (χ2n) is 5.00. The number of hydrogen-bond donors (Lipinski definition) is 3. The molecule has 1 aromatic carbocycles. The topological polar surface area (TPSA) is 127 Å². The van der Waals surface area contributed by atoms with Crippen LogP contribution in [0.1, 0.15) is 26.3 Å². The average molecular weight is 298 g/mol. The highest BCUT2D eigenvalue weighted by Crippen LogP contribution is 2.38. The van der Waals surface area contributed by atoms with Crippen LogP contribution in [0.25, 0.3) is 0 Å². The van der Waals surface area contributed by atoms with E-state index in [0.29, 0.717) is 0 Å². The van der Waals surface area contributed by atoms with Crippen LogP contribution >= 0.6 is 0 Å². The van der Waals surface area contributed by atoms with Crippen molar-refractivity contribution in [3.63, 3.8) is 0 Å².